The molecule has 0 N–H and O–H groups in total. The topological polar surface area (TPSA) is 30.7 Å². The molecule has 0 atom stereocenters. The van der Waals surface area contributed by atoms with Gasteiger partial charge >= 0.3 is 0 Å². The molecular formula is C14H10Cl3N3. The Morgan fingerprint density at radius 3 is 2.45 bits per heavy atom. The van der Waals surface area contributed by atoms with Crippen LogP contribution in [0.15, 0.2) is 30.5 Å². The van der Waals surface area contributed by atoms with Crippen molar-refractivity contribution in [2.24, 2.45) is 0 Å². The van der Waals surface area contributed by atoms with E-state index in [0.29, 0.717) is 15.9 Å². The van der Waals surface area contributed by atoms with Gasteiger partial charge in [-0.25, -0.2) is 9.97 Å². The van der Waals surface area contributed by atoms with Crippen LogP contribution in [0.3, 0.4) is 0 Å². The first-order valence-corrected chi connectivity index (χ1v) is 7.24. The maximum atomic E-state index is 6.07. The van der Waals surface area contributed by atoms with Crippen molar-refractivity contribution in [2.45, 2.75) is 12.8 Å². The molecule has 3 aromatic rings. The number of aryl methyl sites for hydroxylation is 1. The van der Waals surface area contributed by atoms with Crippen LogP contribution in [0.5, 0.6) is 0 Å². The summed E-state index contributed by atoms with van der Waals surface area (Å²) >= 11 is 18.1. The van der Waals surface area contributed by atoms with Crippen LogP contribution >= 0.6 is 34.8 Å². The van der Waals surface area contributed by atoms with E-state index in [1.807, 2.05) is 29.7 Å². The first kappa shape index (κ1) is 13.7. The number of fused-ring (bicyclic) bond motifs is 1. The van der Waals surface area contributed by atoms with Gasteiger partial charge < -0.3 is 0 Å². The summed E-state index contributed by atoms with van der Waals surface area (Å²) in [5, 5.41) is 1.11. The van der Waals surface area contributed by atoms with E-state index in [4.69, 9.17) is 34.8 Å². The SMILES string of the molecule is Cc1cnc2c(c1)nc(CCl)n2-c1cc(Cl)cc(Cl)c1. The molecule has 0 unspecified atom stereocenters. The predicted molar refractivity (Wildman–Crippen MR) is 83.2 cm³/mol. The van der Waals surface area contributed by atoms with Gasteiger partial charge in [0.15, 0.2) is 5.65 Å². The predicted octanol–water partition coefficient (Wildman–Crippen LogP) is 4.77. The lowest BCUT2D eigenvalue weighted by Crippen LogP contribution is -2.00. The zero-order valence-corrected chi connectivity index (χ0v) is 12.8. The fraction of sp³-hybridized carbons (Fsp3) is 0.143. The summed E-state index contributed by atoms with van der Waals surface area (Å²) in [6.45, 7) is 1.97. The van der Waals surface area contributed by atoms with Crippen molar-refractivity contribution in [3.8, 4) is 5.69 Å². The Hall–Kier alpha value is -1.29. The van der Waals surface area contributed by atoms with Crippen molar-refractivity contribution < 1.29 is 0 Å². The molecular weight excluding hydrogens is 317 g/mol. The molecule has 0 radical (unpaired) electrons. The second-order valence-corrected chi connectivity index (χ2v) is 5.62. The van der Waals surface area contributed by atoms with Crippen LogP contribution in [-0.2, 0) is 5.88 Å². The number of alkyl halides is 1. The summed E-state index contributed by atoms with van der Waals surface area (Å²) < 4.78 is 1.87. The lowest BCUT2D eigenvalue weighted by atomic mass is 10.3. The Morgan fingerprint density at radius 1 is 1.10 bits per heavy atom. The second-order valence-electron chi connectivity index (χ2n) is 4.48. The first-order chi connectivity index (χ1) is 9.58. The van der Waals surface area contributed by atoms with E-state index < -0.39 is 0 Å². The highest BCUT2D eigenvalue weighted by Gasteiger charge is 2.14. The molecule has 1 aromatic carbocycles. The molecule has 6 heteroatoms. The number of pyridine rings is 1. The van der Waals surface area contributed by atoms with Crippen LogP contribution in [-0.4, -0.2) is 14.5 Å². The van der Waals surface area contributed by atoms with Gasteiger partial charge in [0.25, 0.3) is 0 Å². The van der Waals surface area contributed by atoms with Crippen molar-refractivity contribution in [1.82, 2.24) is 14.5 Å². The van der Waals surface area contributed by atoms with Crippen LogP contribution in [0.25, 0.3) is 16.9 Å². The van der Waals surface area contributed by atoms with Gasteiger partial charge in [-0.2, -0.15) is 0 Å². The number of nitrogens with zero attached hydrogens (tertiary/aromatic N) is 3. The zero-order valence-electron chi connectivity index (χ0n) is 10.6. The number of rotatable bonds is 2. The molecule has 0 fully saturated rings. The maximum absolute atomic E-state index is 6.07. The van der Waals surface area contributed by atoms with E-state index >= 15 is 0 Å². The van der Waals surface area contributed by atoms with Gasteiger partial charge in [-0.3, -0.25) is 4.57 Å². The molecule has 0 amide bonds. The molecule has 20 heavy (non-hydrogen) atoms. The third-order valence-electron chi connectivity index (χ3n) is 2.93. The normalized spacial score (nSPS) is 11.2. The minimum Gasteiger partial charge on any atom is -0.280 e. The summed E-state index contributed by atoms with van der Waals surface area (Å²) in [6.07, 6.45) is 1.80. The van der Waals surface area contributed by atoms with Gasteiger partial charge in [0.1, 0.15) is 11.3 Å². The molecule has 0 saturated carbocycles. The quantitative estimate of drug-likeness (QED) is 0.635. The molecule has 0 aliphatic heterocycles. The molecule has 0 spiro atoms. The monoisotopic (exact) mass is 325 g/mol. The number of imidazole rings is 1. The van der Waals surface area contributed by atoms with E-state index in [1.54, 1.807) is 12.3 Å². The Bertz CT molecular complexity index is 775. The highest BCUT2D eigenvalue weighted by atomic mass is 35.5. The number of aromatic nitrogens is 3. The second kappa shape index (κ2) is 5.24. The Labute approximate surface area is 131 Å². The summed E-state index contributed by atoms with van der Waals surface area (Å²) in [6, 6.07) is 7.28. The zero-order chi connectivity index (χ0) is 14.3. The highest BCUT2D eigenvalue weighted by Crippen LogP contribution is 2.26. The first-order valence-electron chi connectivity index (χ1n) is 5.95. The molecule has 0 bridgehead atoms. The van der Waals surface area contributed by atoms with Gasteiger partial charge in [-0.1, -0.05) is 23.2 Å². The Balaban J connectivity index is 2.33. The largest absolute Gasteiger partial charge is 0.280 e. The molecule has 102 valence electrons. The van der Waals surface area contributed by atoms with E-state index in [9.17, 15) is 0 Å². The average Bonchev–Trinajstić information content (AvgIpc) is 2.74. The molecule has 2 aromatic heterocycles. The summed E-state index contributed by atoms with van der Waals surface area (Å²) in [4.78, 5) is 8.95. The summed E-state index contributed by atoms with van der Waals surface area (Å²) in [5.41, 5.74) is 3.39. The third kappa shape index (κ3) is 2.37. The van der Waals surface area contributed by atoms with E-state index in [-0.39, 0.29) is 5.88 Å². The minimum atomic E-state index is 0.277. The van der Waals surface area contributed by atoms with Crippen molar-refractivity contribution in [3.63, 3.8) is 0 Å². The van der Waals surface area contributed by atoms with Crippen molar-refractivity contribution >= 4 is 46.0 Å². The minimum absolute atomic E-state index is 0.277. The maximum Gasteiger partial charge on any atom is 0.164 e. The molecule has 0 aliphatic rings. The number of hydrogen-bond acceptors (Lipinski definition) is 2. The van der Waals surface area contributed by atoms with Gasteiger partial charge in [0.2, 0.25) is 0 Å². The van der Waals surface area contributed by atoms with E-state index in [1.165, 1.54) is 0 Å². The third-order valence-corrected chi connectivity index (χ3v) is 3.60. The number of benzene rings is 1. The van der Waals surface area contributed by atoms with Gasteiger partial charge in [-0.15, -0.1) is 11.6 Å². The lowest BCUT2D eigenvalue weighted by molar-refractivity contribution is 0.969. The number of hydrogen-bond donors (Lipinski definition) is 0. The van der Waals surface area contributed by atoms with Crippen LogP contribution in [0.2, 0.25) is 10.0 Å². The molecule has 3 nitrogen and oxygen atoms in total. The van der Waals surface area contributed by atoms with Crippen molar-refractivity contribution in [3.05, 3.63) is 51.9 Å². The van der Waals surface area contributed by atoms with Crippen LogP contribution in [0.4, 0.5) is 0 Å². The smallest absolute Gasteiger partial charge is 0.164 e. The van der Waals surface area contributed by atoms with E-state index in [2.05, 4.69) is 9.97 Å². The molecule has 0 saturated heterocycles. The lowest BCUT2D eigenvalue weighted by Gasteiger charge is -2.08. The standard InChI is InChI=1S/C14H10Cl3N3/c1-8-2-12-14(18-7-8)20(13(6-15)19-12)11-4-9(16)3-10(17)5-11/h2-5,7H,6H2,1H3. The van der Waals surface area contributed by atoms with Gasteiger partial charge in [0.05, 0.1) is 11.6 Å². The fourth-order valence-corrected chi connectivity index (χ4v) is 2.84. The summed E-state index contributed by atoms with van der Waals surface area (Å²) in [5.74, 6) is 0.984. The average molecular weight is 327 g/mol. The Kier molecular flexibility index (Phi) is 3.59. The van der Waals surface area contributed by atoms with Crippen molar-refractivity contribution in [2.75, 3.05) is 0 Å². The molecule has 3 rings (SSSR count). The molecule has 2 heterocycles. The summed E-state index contributed by atoms with van der Waals surface area (Å²) in [7, 11) is 0. The van der Waals surface area contributed by atoms with Crippen molar-refractivity contribution in [1.29, 1.82) is 0 Å². The van der Waals surface area contributed by atoms with Crippen LogP contribution in [0.1, 0.15) is 11.4 Å². The van der Waals surface area contributed by atoms with Gasteiger partial charge in [-0.05, 0) is 36.8 Å². The fourth-order valence-electron chi connectivity index (χ4n) is 2.14. The van der Waals surface area contributed by atoms with E-state index in [0.717, 1.165) is 22.4 Å². The highest BCUT2D eigenvalue weighted by molar-refractivity contribution is 6.34. The van der Waals surface area contributed by atoms with Gasteiger partial charge in [0, 0.05) is 16.2 Å². The number of halogens is 3. The van der Waals surface area contributed by atoms with Crippen LogP contribution in [0, 0.1) is 6.92 Å². The van der Waals surface area contributed by atoms with Crippen LogP contribution < -0.4 is 0 Å². The molecule has 0 aliphatic carbocycles. The Morgan fingerprint density at radius 2 is 1.80 bits per heavy atom.